The molecule has 0 saturated heterocycles. The van der Waals surface area contributed by atoms with E-state index in [2.05, 4.69) is 4.98 Å². The number of benzene rings is 1. The summed E-state index contributed by atoms with van der Waals surface area (Å²) in [7, 11) is 0. The fraction of sp³-hybridized carbons (Fsp3) is 0.286. The molecular formula is C14H13F3N2OS2. The Balaban J connectivity index is 2.06. The Morgan fingerprint density at radius 3 is 2.77 bits per heavy atom. The van der Waals surface area contributed by atoms with Crippen molar-refractivity contribution in [1.82, 2.24) is 4.98 Å². The zero-order chi connectivity index (χ0) is 16.3. The van der Waals surface area contributed by atoms with Gasteiger partial charge in [-0.25, -0.2) is 4.98 Å². The third-order valence-electron chi connectivity index (χ3n) is 2.82. The number of hydrogen-bond acceptors (Lipinski definition) is 4. The minimum Gasteiger partial charge on any atom is -0.369 e. The molecule has 0 aliphatic rings. The van der Waals surface area contributed by atoms with E-state index in [0.717, 1.165) is 22.7 Å². The van der Waals surface area contributed by atoms with E-state index in [1.54, 1.807) is 13.0 Å². The van der Waals surface area contributed by atoms with E-state index in [-0.39, 0.29) is 6.42 Å². The number of primary amides is 1. The Morgan fingerprint density at radius 2 is 2.14 bits per heavy atom. The van der Waals surface area contributed by atoms with E-state index in [1.807, 2.05) is 0 Å². The molecule has 0 atom stereocenters. The quantitative estimate of drug-likeness (QED) is 0.838. The summed E-state index contributed by atoms with van der Waals surface area (Å²) in [5, 5.41) is 0. The molecule has 0 aliphatic heterocycles. The van der Waals surface area contributed by atoms with Crippen LogP contribution in [0.15, 0.2) is 28.6 Å². The molecule has 118 valence electrons. The number of thioether (sulfide) groups is 1. The summed E-state index contributed by atoms with van der Waals surface area (Å²) in [6, 6.07) is 5.22. The number of alkyl halides is 3. The van der Waals surface area contributed by atoms with Crippen LogP contribution in [0.25, 0.3) is 0 Å². The van der Waals surface area contributed by atoms with Gasteiger partial charge in [0, 0.05) is 10.6 Å². The lowest BCUT2D eigenvalue weighted by molar-refractivity contribution is -0.137. The van der Waals surface area contributed by atoms with Crippen LogP contribution in [0.3, 0.4) is 0 Å². The zero-order valence-electron chi connectivity index (χ0n) is 11.6. The second-order valence-corrected chi connectivity index (χ2v) is 6.92. The molecule has 0 aliphatic carbocycles. The van der Waals surface area contributed by atoms with Crippen molar-refractivity contribution >= 4 is 29.0 Å². The SMILES string of the molecule is Cc1nc(SCc2cccc(C(F)(F)F)c2)sc1CC(N)=O. The van der Waals surface area contributed by atoms with Crippen molar-refractivity contribution in [2.24, 2.45) is 5.73 Å². The fourth-order valence-corrected chi connectivity index (χ4v) is 3.95. The van der Waals surface area contributed by atoms with Crippen LogP contribution < -0.4 is 5.73 Å². The van der Waals surface area contributed by atoms with Gasteiger partial charge >= 0.3 is 6.18 Å². The number of hydrogen-bond donors (Lipinski definition) is 1. The van der Waals surface area contributed by atoms with Gasteiger partial charge in [0.15, 0.2) is 4.34 Å². The Bertz CT molecular complexity index is 683. The number of nitrogens with zero attached hydrogens (tertiary/aromatic N) is 1. The summed E-state index contributed by atoms with van der Waals surface area (Å²) < 4.78 is 38.7. The summed E-state index contributed by atoms with van der Waals surface area (Å²) >= 11 is 2.69. The number of thiazole rings is 1. The molecule has 1 aromatic carbocycles. The predicted molar refractivity (Wildman–Crippen MR) is 80.8 cm³/mol. The molecule has 0 bridgehead atoms. The lowest BCUT2D eigenvalue weighted by atomic mass is 10.1. The van der Waals surface area contributed by atoms with Crippen molar-refractivity contribution in [3.8, 4) is 0 Å². The second kappa shape index (κ2) is 6.70. The van der Waals surface area contributed by atoms with Crippen LogP contribution in [0.1, 0.15) is 21.7 Å². The van der Waals surface area contributed by atoms with Gasteiger partial charge in [0.25, 0.3) is 0 Å². The molecule has 2 aromatic rings. The van der Waals surface area contributed by atoms with Crippen molar-refractivity contribution in [3.05, 3.63) is 46.0 Å². The average molecular weight is 346 g/mol. The molecule has 1 aromatic heterocycles. The highest BCUT2D eigenvalue weighted by molar-refractivity contribution is 8.00. The van der Waals surface area contributed by atoms with Gasteiger partial charge in [0.2, 0.25) is 5.91 Å². The topological polar surface area (TPSA) is 56.0 Å². The van der Waals surface area contributed by atoms with Crippen LogP contribution in [-0.4, -0.2) is 10.9 Å². The van der Waals surface area contributed by atoms with Gasteiger partial charge < -0.3 is 5.73 Å². The Hall–Kier alpha value is -1.54. The van der Waals surface area contributed by atoms with Crippen LogP contribution >= 0.6 is 23.1 Å². The number of nitrogens with two attached hydrogens (primary N) is 1. The van der Waals surface area contributed by atoms with Gasteiger partial charge in [-0.3, -0.25) is 4.79 Å². The number of carbonyl (C=O) groups is 1. The first kappa shape index (κ1) is 16.8. The summed E-state index contributed by atoms with van der Waals surface area (Å²) in [5.74, 6) is -0.0476. The molecule has 0 saturated carbocycles. The molecule has 3 nitrogen and oxygen atoms in total. The summed E-state index contributed by atoms with van der Waals surface area (Å²) in [5.41, 5.74) is 5.80. The van der Waals surface area contributed by atoms with Gasteiger partial charge in [-0.15, -0.1) is 11.3 Å². The molecule has 0 fully saturated rings. The highest BCUT2D eigenvalue weighted by Crippen LogP contribution is 2.33. The maximum absolute atomic E-state index is 12.6. The summed E-state index contributed by atoms with van der Waals surface area (Å²) in [6.45, 7) is 1.78. The molecule has 1 heterocycles. The highest BCUT2D eigenvalue weighted by atomic mass is 32.2. The largest absolute Gasteiger partial charge is 0.416 e. The molecule has 22 heavy (non-hydrogen) atoms. The van der Waals surface area contributed by atoms with Crippen molar-refractivity contribution in [3.63, 3.8) is 0 Å². The van der Waals surface area contributed by atoms with Crippen LogP contribution in [0, 0.1) is 6.92 Å². The maximum Gasteiger partial charge on any atom is 0.416 e. The normalized spacial score (nSPS) is 11.6. The molecule has 2 rings (SSSR count). The van der Waals surface area contributed by atoms with Gasteiger partial charge in [0.05, 0.1) is 17.7 Å². The zero-order valence-corrected chi connectivity index (χ0v) is 13.2. The lowest BCUT2D eigenvalue weighted by Crippen LogP contribution is -2.13. The van der Waals surface area contributed by atoms with E-state index in [4.69, 9.17) is 5.73 Å². The second-order valence-electron chi connectivity index (χ2n) is 4.62. The highest BCUT2D eigenvalue weighted by Gasteiger charge is 2.30. The van der Waals surface area contributed by atoms with E-state index < -0.39 is 17.6 Å². The van der Waals surface area contributed by atoms with Gasteiger partial charge in [-0.2, -0.15) is 13.2 Å². The van der Waals surface area contributed by atoms with Crippen molar-refractivity contribution in [1.29, 1.82) is 0 Å². The smallest absolute Gasteiger partial charge is 0.369 e. The maximum atomic E-state index is 12.6. The van der Waals surface area contributed by atoms with Gasteiger partial charge in [-0.05, 0) is 18.6 Å². The Morgan fingerprint density at radius 1 is 1.41 bits per heavy atom. The summed E-state index contributed by atoms with van der Waals surface area (Å²) in [6.07, 6.45) is -4.21. The third kappa shape index (κ3) is 4.48. The van der Waals surface area contributed by atoms with E-state index in [0.29, 0.717) is 15.7 Å². The fourth-order valence-electron chi connectivity index (χ4n) is 1.77. The van der Waals surface area contributed by atoms with Crippen LogP contribution in [-0.2, 0) is 23.1 Å². The Labute approximate surface area is 133 Å². The predicted octanol–water partition coefficient (Wildman–Crippen LogP) is 3.79. The lowest BCUT2D eigenvalue weighted by Gasteiger charge is -2.07. The molecular weight excluding hydrogens is 333 g/mol. The number of carbonyl (C=O) groups excluding carboxylic acids is 1. The third-order valence-corrected chi connectivity index (χ3v) is 5.20. The van der Waals surface area contributed by atoms with E-state index >= 15 is 0 Å². The Kier molecular flexibility index (Phi) is 5.12. The summed E-state index contributed by atoms with van der Waals surface area (Å²) in [4.78, 5) is 16.0. The number of aromatic nitrogens is 1. The van der Waals surface area contributed by atoms with Crippen LogP contribution in [0.4, 0.5) is 13.2 Å². The molecule has 1 amide bonds. The number of aryl methyl sites for hydroxylation is 1. The standard InChI is InChI=1S/C14H13F3N2OS2/c1-8-11(6-12(18)20)22-13(19-8)21-7-9-3-2-4-10(5-9)14(15,16)17/h2-5H,6-7H2,1H3,(H2,18,20). The van der Waals surface area contributed by atoms with Crippen LogP contribution in [0.2, 0.25) is 0 Å². The molecule has 8 heteroatoms. The molecule has 0 spiro atoms. The van der Waals surface area contributed by atoms with Crippen molar-refractivity contribution in [2.75, 3.05) is 0 Å². The van der Waals surface area contributed by atoms with Crippen molar-refractivity contribution < 1.29 is 18.0 Å². The van der Waals surface area contributed by atoms with Gasteiger partial charge in [0.1, 0.15) is 0 Å². The first-order valence-corrected chi connectivity index (χ1v) is 8.09. The van der Waals surface area contributed by atoms with E-state index in [1.165, 1.54) is 29.2 Å². The number of halogens is 3. The average Bonchev–Trinajstić information content (AvgIpc) is 2.76. The molecule has 0 unspecified atom stereocenters. The molecule has 2 N–H and O–H groups in total. The molecule has 0 radical (unpaired) electrons. The first-order chi connectivity index (χ1) is 10.3. The van der Waals surface area contributed by atoms with Crippen molar-refractivity contribution in [2.45, 2.75) is 29.6 Å². The number of amides is 1. The minimum atomic E-state index is -4.34. The number of rotatable bonds is 5. The monoisotopic (exact) mass is 346 g/mol. The first-order valence-electron chi connectivity index (χ1n) is 6.29. The minimum absolute atomic E-state index is 0.133. The van der Waals surface area contributed by atoms with Crippen LogP contribution in [0.5, 0.6) is 0 Å². The van der Waals surface area contributed by atoms with Gasteiger partial charge in [-0.1, -0.05) is 30.0 Å². The van der Waals surface area contributed by atoms with E-state index in [9.17, 15) is 18.0 Å².